The fourth-order valence-corrected chi connectivity index (χ4v) is 2.61. The Kier molecular flexibility index (Phi) is 7.82. The first-order valence-electron chi connectivity index (χ1n) is 9.13. The maximum atomic E-state index is 12.2. The van der Waals surface area contributed by atoms with Gasteiger partial charge in [-0.3, -0.25) is 4.79 Å². The molecule has 6 nitrogen and oxygen atoms in total. The highest BCUT2D eigenvalue weighted by Gasteiger charge is 2.11. The third-order valence-corrected chi connectivity index (χ3v) is 4.42. The monoisotopic (exact) mass is 371 g/mol. The zero-order valence-electron chi connectivity index (χ0n) is 16.1. The van der Waals surface area contributed by atoms with E-state index >= 15 is 0 Å². The Morgan fingerprint density at radius 3 is 2.07 bits per heavy atom. The Morgan fingerprint density at radius 1 is 0.926 bits per heavy atom. The van der Waals surface area contributed by atoms with Gasteiger partial charge in [0.2, 0.25) is 0 Å². The van der Waals surface area contributed by atoms with Gasteiger partial charge in [0, 0.05) is 11.3 Å². The first-order valence-corrected chi connectivity index (χ1v) is 9.13. The number of methoxy groups -OCH3 is 1. The minimum Gasteiger partial charge on any atom is -0.497 e. The molecule has 0 aliphatic heterocycles. The van der Waals surface area contributed by atoms with Crippen LogP contribution in [0.5, 0.6) is 5.75 Å². The molecule has 0 aliphatic rings. The summed E-state index contributed by atoms with van der Waals surface area (Å²) < 4.78 is 10.4. The van der Waals surface area contributed by atoms with Crippen molar-refractivity contribution in [2.24, 2.45) is 0 Å². The van der Waals surface area contributed by atoms with Crippen molar-refractivity contribution < 1.29 is 24.0 Å². The molecule has 0 bridgehead atoms. The molecule has 0 spiro atoms. The number of benzene rings is 2. The van der Waals surface area contributed by atoms with Crippen molar-refractivity contribution in [2.75, 3.05) is 38.7 Å². The van der Waals surface area contributed by atoms with Crippen LogP contribution in [0.1, 0.15) is 34.6 Å². The first kappa shape index (κ1) is 20.5. The molecule has 0 saturated heterocycles. The zero-order chi connectivity index (χ0) is 19.6. The molecule has 0 aromatic heterocycles. The number of quaternary nitrogens is 1. The number of nitrogens with one attached hydrogen (secondary N) is 2. The van der Waals surface area contributed by atoms with Crippen molar-refractivity contribution in [2.45, 2.75) is 13.8 Å². The van der Waals surface area contributed by atoms with E-state index in [9.17, 15) is 9.59 Å². The molecule has 0 saturated carbocycles. The number of carbonyl (C=O) groups excluding carboxylic acids is 2. The molecule has 0 atom stereocenters. The molecule has 0 unspecified atom stereocenters. The van der Waals surface area contributed by atoms with Crippen LogP contribution in [0, 0.1) is 0 Å². The summed E-state index contributed by atoms with van der Waals surface area (Å²) >= 11 is 0. The SMILES string of the molecule is CC[NH+](CC)CCOC(=O)c1ccc(NC(=O)c2ccc(OC)cc2)cc1. The van der Waals surface area contributed by atoms with Gasteiger partial charge in [-0.1, -0.05) is 0 Å². The summed E-state index contributed by atoms with van der Waals surface area (Å²) in [5.74, 6) is 0.113. The fraction of sp³-hybridized carbons (Fsp3) is 0.333. The summed E-state index contributed by atoms with van der Waals surface area (Å²) in [7, 11) is 1.58. The van der Waals surface area contributed by atoms with E-state index in [2.05, 4.69) is 19.2 Å². The van der Waals surface area contributed by atoms with Crippen molar-refractivity contribution in [1.82, 2.24) is 0 Å². The molecular weight excluding hydrogens is 344 g/mol. The molecule has 6 heteroatoms. The van der Waals surface area contributed by atoms with Gasteiger partial charge in [-0.25, -0.2) is 4.79 Å². The first-order chi connectivity index (χ1) is 13.1. The number of likely N-dealkylation sites (N-methyl/N-ethyl adjacent to an activating group) is 1. The quantitative estimate of drug-likeness (QED) is 0.662. The Bertz CT molecular complexity index is 738. The molecule has 144 valence electrons. The van der Waals surface area contributed by atoms with Crippen LogP contribution in [0.15, 0.2) is 48.5 Å². The molecule has 2 aromatic rings. The molecule has 0 radical (unpaired) electrons. The van der Waals surface area contributed by atoms with E-state index in [0.29, 0.717) is 29.2 Å². The average Bonchev–Trinajstić information content (AvgIpc) is 2.71. The normalized spacial score (nSPS) is 10.5. The van der Waals surface area contributed by atoms with Gasteiger partial charge in [0.25, 0.3) is 5.91 Å². The van der Waals surface area contributed by atoms with E-state index in [1.165, 1.54) is 4.90 Å². The highest BCUT2D eigenvalue weighted by molar-refractivity contribution is 6.04. The van der Waals surface area contributed by atoms with Gasteiger partial charge in [-0.2, -0.15) is 0 Å². The number of esters is 1. The predicted octanol–water partition coefficient (Wildman–Crippen LogP) is 2.03. The number of carbonyl (C=O) groups is 2. The summed E-state index contributed by atoms with van der Waals surface area (Å²) in [6, 6.07) is 13.5. The summed E-state index contributed by atoms with van der Waals surface area (Å²) in [5, 5.41) is 2.80. The number of rotatable bonds is 9. The van der Waals surface area contributed by atoms with Crippen molar-refractivity contribution in [3.63, 3.8) is 0 Å². The Balaban J connectivity index is 1.88. The van der Waals surface area contributed by atoms with E-state index in [0.717, 1.165) is 19.6 Å². The standard InChI is InChI=1S/C21H26N2O4/c1-4-23(5-2)14-15-27-21(25)17-6-10-18(11-7-17)22-20(24)16-8-12-19(26-3)13-9-16/h6-13H,4-5,14-15H2,1-3H3,(H,22,24)/p+1. The van der Waals surface area contributed by atoms with E-state index < -0.39 is 0 Å². The van der Waals surface area contributed by atoms with Crippen LogP contribution in [-0.4, -0.2) is 45.2 Å². The largest absolute Gasteiger partial charge is 0.497 e. The van der Waals surface area contributed by atoms with Crippen molar-refractivity contribution in [3.05, 3.63) is 59.7 Å². The zero-order valence-corrected chi connectivity index (χ0v) is 16.1. The van der Waals surface area contributed by atoms with Crippen molar-refractivity contribution in [3.8, 4) is 5.75 Å². The van der Waals surface area contributed by atoms with Gasteiger partial charge < -0.3 is 19.7 Å². The average molecular weight is 371 g/mol. The minimum absolute atomic E-state index is 0.227. The van der Waals surface area contributed by atoms with Gasteiger partial charge in [0.05, 0.1) is 25.8 Å². The van der Waals surface area contributed by atoms with E-state index in [1.807, 2.05) is 0 Å². The molecule has 0 aliphatic carbocycles. The van der Waals surface area contributed by atoms with Crippen LogP contribution in [0.4, 0.5) is 5.69 Å². The number of ether oxygens (including phenoxy) is 2. The van der Waals surface area contributed by atoms with E-state index in [-0.39, 0.29) is 11.9 Å². The second kappa shape index (κ2) is 10.3. The second-order valence-electron chi connectivity index (χ2n) is 6.10. The molecule has 2 rings (SSSR count). The highest BCUT2D eigenvalue weighted by Crippen LogP contribution is 2.15. The van der Waals surface area contributed by atoms with Gasteiger partial charge in [-0.05, 0) is 62.4 Å². The molecular formula is C21H27N2O4+. The summed E-state index contributed by atoms with van der Waals surface area (Å²) in [6.45, 7) is 7.44. The van der Waals surface area contributed by atoms with Crippen molar-refractivity contribution in [1.29, 1.82) is 0 Å². The number of amides is 1. The molecule has 2 N–H and O–H groups in total. The third-order valence-electron chi connectivity index (χ3n) is 4.42. The topological polar surface area (TPSA) is 69.1 Å². The highest BCUT2D eigenvalue weighted by atomic mass is 16.5. The van der Waals surface area contributed by atoms with E-state index in [4.69, 9.17) is 9.47 Å². The maximum Gasteiger partial charge on any atom is 0.338 e. The van der Waals surface area contributed by atoms with E-state index in [1.54, 1.807) is 55.6 Å². The number of hydrogen-bond donors (Lipinski definition) is 2. The molecule has 27 heavy (non-hydrogen) atoms. The molecule has 0 fully saturated rings. The maximum absolute atomic E-state index is 12.2. The van der Waals surface area contributed by atoms with Crippen LogP contribution >= 0.6 is 0 Å². The summed E-state index contributed by atoms with van der Waals surface area (Å²) in [4.78, 5) is 25.7. The van der Waals surface area contributed by atoms with Crippen LogP contribution < -0.4 is 15.0 Å². The Labute approximate surface area is 160 Å². The number of hydrogen-bond acceptors (Lipinski definition) is 4. The van der Waals surface area contributed by atoms with Gasteiger partial charge in [-0.15, -0.1) is 0 Å². The lowest BCUT2D eigenvalue weighted by atomic mass is 10.1. The summed E-state index contributed by atoms with van der Waals surface area (Å²) in [6.07, 6.45) is 0. The molecule has 1 amide bonds. The fourth-order valence-electron chi connectivity index (χ4n) is 2.61. The number of anilines is 1. The smallest absolute Gasteiger partial charge is 0.338 e. The lowest BCUT2D eigenvalue weighted by molar-refractivity contribution is -0.896. The lowest BCUT2D eigenvalue weighted by Gasteiger charge is -2.15. The van der Waals surface area contributed by atoms with Crippen LogP contribution in [0.3, 0.4) is 0 Å². The third kappa shape index (κ3) is 6.11. The molecule has 0 heterocycles. The Hall–Kier alpha value is -2.86. The van der Waals surface area contributed by atoms with Gasteiger partial charge in [0.15, 0.2) is 0 Å². The second-order valence-corrected chi connectivity index (χ2v) is 6.10. The molecule has 2 aromatic carbocycles. The predicted molar refractivity (Wildman–Crippen MR) is 105 cm³/mol. The lowest BCUT2D eigenvalue weighted by Crippen LogP contribution is -3.11. The van der Waals surface area contributed by atoms with Crippen LogP contribution in [0.2, 0.25) is 0 Å². The van der Waals surface area contributed by atoms with Crippen LogP contribution in [-0.2, 0) is 4.74 Å². The Morgan fingerprint density at radius 2 is 1.52 bits per heavy atom. The summed E-state index contributed by atoms with van der Waals surface area (Å²) in [5.41, 5.74) is 1.60. The van der Waals surface area contributed by atoms with Crippen LogP contribution in [0.25, 0.3) is 0 Å². The minimum atomic E-state index is -0.352. The van der Waals surface area contributed by atoms with Gasteiger partial charge >= 0.3 is 5.97 Å². The van der Waals surface area contributed by atoms with Crippen molar-refractivity contribution >= 4 is 17.6 Å². The van der Waals surface area contributed by atoms with Gasteiger partial charge in [0.1, 0.15) is 18.9 Å².